The van der Waals surface area contributed by atoms with Crippen molar-refractivity contribution in [3.8, 4) is 5.75 Å². The van der Waals surface area contributed by atoms with Crippen LogP contribution in [0.1, 0.15) is 38.7 Å². The SMILES string of the molecule is CN(c1c2c(c(OC(c3ccccc3)c3ccccc3)c3ncccc13)C(=O)N(Cc1ccc(F)cc1)C2)S(=O)(=O)CCl. The van der Waals surface area contributed by atoms with Gasteiger partial charge in [-0.25, -0.2) is 12.8 Å². The number of alkyl halides is 1. The molecular formula is C33H27ClFN3O4S. The molecule has 0 bridgehead atoms. The van der Waals surface area contributed by atoms with E-state index in [1.54, 1.807) is 35.4 Å². The van der Waals surface area contributed by atoms with E-state index < -0.39 is 21.3 Å². The van der Waals surface area contributed by atoms with Gasteiger partial charge in [-0.1, -0.05) is 72.8 Å². The number of fused-ring (bicyclic) bond motifs is 2. The maximum atomic E-state index is 14.2. The number of amides is 1. The number of benzene rings is 4. The molecular weight excluding hydrogens is 589 g/mol. The number of anilines is 1. The molecule has 1 amide bonds. The van der Waals surface area contributed by atoms with Crippen LogP contribution in [0.3, 0.4) is 0 Å². The van der Waals surface area contributed by atoms with Crippen LogP contribution in [0.4, 0.5) is 10.1 Å². The van der Waals surface area contributed by atoms with Crippen LogP contribution in [0.25, 0.3) is 10.9 Å². The van der Waals surface area contributed by atoms with Gasteiger partial charge in [-0.15, -0.1) is 11.6 Å². The van der Waals surface area contributed by atoms with Gasteiger partial charge in [-0.3, -0.25) is 14.1 Å². The summed E-state index contributed by atoms with van der Waals surface area (Å²) in [6.07, 6.45) is 0.989. The highest BCUT2D eigenvalue weighted by Gasteiger charge is 2.39. The molecule has 6 rings (SSSR count). The molecule has 0 spiro atoms. The summed E-state index contributed by atoms with van der Waals surface area (Å²) in [5, 5.41) is -0.140. The van der Waals surface area contributed by atoms with Crippen LogP contribution in [0.5, 0.6) is 5.75 Å². The Labute approximate surface area is 254 Å². The number of sulfonamides is 1. The Hall–Kier alpha value is -4.47. The van der Waals surface area contributed by atoms with E-state index in [0.29, 0.717) is 22.2 Å². The number of halogens is 2. The van der Waals surface area contributed by atoms with Gasteiger partial charge in [0.25, 0.3) is 5.91 Å². The molecule has 218 valence electrons. The van der Waals surface area contributed by atoms with Crippen molar-refractivity contribution in [3.63, 3.8) is 0 Å². The summed E-state index contributed by atoms with van der Waals surface area (Å²) < 4.78 is 47.7. The van der Waals surface area contributed by atoms with Gasteiger partial charge in [-0.2, -0.15) is 0 Å². The Morgan fingerprint density at radius 3 is 2.19 bits per heavy atom. The highest BCUT2D eigenvalue weighted by Crippen LogP contribution is 2.47. The standard InChI is InChI=1S/C33H27ClFN3O4S/c1-37(43(40,41)21-34)30-26-13-8-18-36-29(26)32(42-31(23-9-4-2-5-10-23)24-11-6-3-7-12-24)28-27(30)20-38(33(28)39)19-22-14-16-25(35)17-15-22/h2-18,31H,19-21H2,1H3. The maximum absolute atomic E-state index is 14.2. The Kier molecular flexibility index (Phi) is 7.77. The smallest absolute Gasteiger partial charge is 0.258 e. The maximum Gasteiger partial charge on any atom is 0.258 e. The summed E-state index contributed by atoms with van der Waals surface area (Å²) in [6, 6.07) is 28.7. The lowest BCUT2D eigenvalue weighted by Gasteiger charge is -2.26. The van der Waals surface area contributed by atoms with Crippen molar-refractivity contribution in [2.45, 2.75) is 19.2 Å². The number of aromatic nitrogens is 1. The van der Waals surface area contributed by atoms with E-state index in [1.165, 1.54) is 19.2 Å². The first-order valence-corrected chi connectivity index (χ1v) is 15.7. The topological polar surface area (TPSA) is 79.8 Å². The van der Waals surface area contributed by atoms with Gasteiger partial charge in [0.1, 0.15) is 22.6 Å². The molecule has 0 unspecified atom stereocenters. The Morgan fingerprint density at radius 1 is 0.953 bits per heavy atom. The number of rotatable bonds is 9. The normalized spacial score (nSPS) is 13.0. The monoisotopic (exact) mass is 615 g/mol. The van der Waals surface area contributed by atoms with Crippen molar-refractivity contribution in [2.75, 3.05) is 16.6 Å². The number of carbonyl (C=O) groups excluding carboxylic acids is 1. The molecule has 0 radical (unpaired) electrons. The van der Waals surface area contributed by atoms with E-state index >= 15 is 0 Å². The molecule has 1 aliphatic rings. The lowest BCUT2D eigenvalue weighted by molar-refractivity contribution is 0.0762. The van der Waals surface area contributed by atoms with Gasteiger partial charge in [0, 0.05) is 37.3 Å². The van der Waals surface area contributed by atoms with Crippen molar-refractivity contribution in [2.24, 2.45) is 0 Å². The van der Waals surface area contributed by atoms with E-state index in [2.05, 4.69) is 4.98 Å². The van der Waals surface area contributed by atoms with Gasteiger partial charge in [0.05, 0.1) is 11.3 Å². The quantitative estimate of drug-likeness (QED) is 0.173. The number of pyridine rings is 1. The first-order chi connectivity index (χ1) is 20.8. The lowest BCUT2D eigenvalue weighted by Crippen LogP contribution is -2.29. The molecule has 0 saturated heterocycles. The highest BCUT2D eigenvalue weighted by molar-refractivity contribution is 7.93. The van der Waals surface area contributed by atoms with Crippen molar-refractivity contribution in [3.05, 3.63) is 137 Å². The van der Waals surface area contributed by atoms with Crippen LogP contribution in [-0.2, 0) is 23.1 Å². The molecule has 7 nitrogen and oxygen atoms in total. The molecule has 43 heavy (non-hydrogen) atoms. The summed E-state index contributed by atoms with van der Waals surface area (Å²) in [5.41, 5.74) is 3.84. The third-order valence-corrected chi connectivity index (χ3v) is 9.66. The van der Waals surface area contributed by atoms with E-state index in [0.717, 1.165) is 21.0 Å². The second-order valence-electron chi connectivity index (χ2n) is 10.2. The van der Waals surface area contributed by atoms with E-state index in [9.17, 15) is 17.6 Å². The molecule has 10 heteroatoms. The fourth-order valence-electron chi connectivity index (χ4n) is 5.44. The van der Waals surface area contributed by atoms with Crippen LogP contribution in [0.15, 0.2) is 103 Å². The van der Waals surface area contributed by atoms with Crippen molar-refractivity contribution in [1.82, 2.24) is 9.88 Å². The second-order valence-corrected chi connectivity index (χ2v) is 12.8. The number of nitrogens with zero attached hydrogens (tertiary/aromatic N) is 3. The van der Waals surface area contributed by atoms with E-state index in [1.807, 2.05) is 60.7 Å². The highest BCUT2D eigenvalue weighted by atomic mass is 35.5. The Morgan fingerprint density at radius 2 is 1.58 bits per heavy atom. The number of ether oxygens (including phenoxy) is 1. The zero-order valence-corrected chi connectivity index (χ0v) is 24.7. The number of hydrogen-bond acceptors (Lipinski definition) is 5. The average Bonchev–Trinajstić information content (AvgIpc) is 3.35. The van der Waals surface area contributed by atoms with Gasteiger partial charge in [0.2, 0.25) is 10.0 Å². The molecule has 1 aromatic heterocycles. The molecule has 4 aromatic carbocycles. The summed E-state index contributed by atoms with van der Waals surface area (Å²) in [6.45, 7) is 0.286. The minimum absolute atomic E-state index is 0.103. The zero-order chi connectivity index (χ0) is 30.1. The average molecular weight is 616 g/mol. The third kappa shape index (κ3) is 5.42. The van der Waals surface area contributed by atoms with Gasteiger partial charge in [0.15, 0.2) is 5.75 Å². The molecule has 0 saturated carbocycles. The minimum Gasteiger partial charge on any atom is -0.478 e. The van der Waals surface area contributed by atoms with Crippen LogP contribution >= 0.6 is 11.6 Å². The molecule has 0 N–H and O–H groups in total. The number of hydrogen-bond donors (Lipinski definition) is 0. The first-order valence-electron chi connectivity index (χ1n) is 13.5. The molecule has 0 atom stereocenters. The fraction of sp³-hybridized carbons (Fsp3) is 0.152. The minimum atomic E-state index is -3.93. The van der Waals surface area contributed by atoms with Crippen molar-refractivity contribution >= 4 is 44.1 Å². The predicted octanol–water partition coefficient (Wildman–Crippen LogP) is 6.66. The molecule has 0 fully saturated rings. The fourth-order valence-corrected chi connectivity index (χ4v) is 6.51. The molecule has 1 aliphatic heterocycles. The molecule has 5 aromatic rings. The van der Waals surface area contributed by atoms with E-state index in [-0.39, 0.29) is 36.1 Å². The van der Waals surface area contributed by atoms with Crippen LogP contribution < -0.4 is 9.04 Å². The molecule has 2 heterocycles. The molecule has 0 aliphatic carbocycles. The van der Waals surface area contributed by atoms with Gasteiger partial charge in [-0.05, 0) is 41.0 Å². The first kappa shape index (κ1) is 28.6. The van der Waals surface area contributed by atoms with Crippen LogP contribution in [0.2, 0.25) is 0 Å². The predicted molar refractivity (Wildman–Crippen MR) is 165 cm³/mol. The zero-order valence-electron chi connectivity index (χ0n) is 23.2. The number of carbonyl (C=O) groups is 1. The van der Waals surface area contributed by atoms with Crippen molar-refractivity contribution in [1.29, 1.82) is 0 Å². The summed E-state index contributed by atoms with van der Waals surface area (Å²) in [5.74, 6) is -0.467. The summed E-state index contributed by atoms with van der Waals surface area (Å²) in [4.78, 5) is 20.4. The van der Waals surface area contributed by atoms with E-state index in [4.69, 9.17) is 16.3 Å². The lowest BCUT2D eigenvalue weighted by atomic mass is 9.99. The van der Waals surface area contributed by atoms with Crippen LogP contribution in [0, 0.1) is 5.82 Å². The Balaban J connectivity index is 1.57. The van der Waals surface area contributed by atoms with Crippen molar-refractivity contribution < 1.29 is 22.3 Å². The van der Waals surface area contributed by atoms with Crippen LogP contribution in [-0.4, -0.2) is 36.5 Å². The second kappa shape index (κ2) is 11.7. The summed E-state index contributed by atoms with van der Waals surface area (Å²) in [7, 11) is -2.51. The van der Waals surface area contributed by atoms with Gasteiger partial charge < -0.3 is 9.64 Å². The Bertz CT molecular complexity index is 1870. The third-order valence-electron chi connectivity index (χ3n) is 7.54. The van der Waals surface area contributed by atoms with Gasteiger partial charge >= 0.3 is 0 Å². The summed E-state index contributed by atoms with van der Waals surface area (Å²) >= 11 is 5.88. The largest absolute Gasteiger partial charge is 0.478 e.